The van der Waals surface area contributed by atoms with Crippen molar-refractivity contribution in [1.82, 2.24) is 47.9 Å². The monoisotopic (exact) mass is 533 g/mol. The minimum absolute atomic E-state index is 0.0735. The van der Waals surface area contributed by atoms with Crippen molar-refractivity contribution in [3.8, 4) is 0 Å². The van der Waals surface area contributed by atoms with Crippen LogP contribution in [0.25, 0.3) is 0 Å². The molecule has 0 radical (unpaired) electrons. The minimum Gasteiger partial charge on any atom is -0.480 e. The average molecular weight is 534 g/mol. The highest BCUT2D eigenvalue weighted by Crippen LogP contribution is 1.91. The Balaban J connectivity index is 3.51. The lowest BCUT2D eigenvalue weighted by Crippen LogP contribution is -2.44. The molecular formula is C21H43N9O7. The van der Waals surface area contributed by atoms with Crippen molar-refractivity contribution in [3.05, 3.63) is 0 Å². The van der Waals surface area contributed by atoms with Crippen molar-refractivity contribution in [1.29, 1.82) is 0 Å². The van der Waals surface area contributed by atoms with Gasteiger partial charge in [0.25, 0.3) is 0 Å². The van der Waals surface area contributed by atoms with Crippen LogP contribution in [-0.2, 0) is 24.0 Å². The van der Waals surface area contributed by atoms with Crippen LogP contribution in [0.3, 0.4) is 0 Å². The molecule has 0 aromatic carbocycles. The highest BCUT2D eigenvalue weighted by Gasteiger charge is 2.19. The predicted molar refractivity (Wildman–Crippen MR) is 136 cm³/mol. The maximum Gasteiger partial charge on any atom is 0.321 e. The normalized spacial score (nSPS) is 11.5. The SMILES string of the molecule is CNC(=O)CC(NCCNCCNCC(=O)NCCNC(=O)CNCCNCCNCC(=O)O)C(=O)O. The molecule has 0 rings (SSSR count). The van der Waals surface area contributed by atoms with Crippen molar-refractivity contribution in [2.75, 3.05) is 92.1 Å². The number of amides is 3. The second-order valence-corrected chi connectivity index (χ2v) is 7.85. The highest BCUT2D eigenvalue weighted by molar-refractivity contribution is 5.84. The number of rotatable bonds is 25. The van der Waals surface area contributed by atoms with Gasteiger partial charge in [-0.2, -0.15) is 0 Å². The van der Waals surface area contributed by atoms with Crippen LogP contribution in [0.1, 0.15) is 6.42 Å². The molecule has 0 aliphatic heterocycles. The Hall–Kier alpha value is -2.89. The lowest BCUT2D eigenvalue weighted by molar-refractivity contribution is -0.141. The van der Waals surface area contributed by atoms with Gasteiger partial charge < -0.3 is 58.1 Å². The Labute approximate surface area is 216 Å². The van der Waals surface area contributed by atoms with E-state index in [9.17, 15) is 24.0 Å². The number of carbonyl (C=O) groups is 5. The lowest BCUT2D eigenvalue weighted by Gasteiger charge is -2.14. The van der Waals surface area contributed by atoms with Gasteiger partial charge in [0.15, 0.2) is 0 Å². The van der Waals surface area contributed by atoms with Gasteiger partial charge in [-0.3, -0.25) is 24.0 Å². The summed E-state index contributed by atoms with van der Waals surface area (Å²) < 4.78 is 0. The third kappa shape index (κ3) is 23.3. The van der Waals surface area contributed by atoms with Gasteiger partial charge in [0.05, 0.1) is 26.1 Å². The van der Waals surface area contributed by atoms with Crippen LogP contribution in [0.15, 0.2) is 0 Å². The first-order valence-electron chi connectivity index (χ1n) is 12.2. The zero-order valence-electron chi connectivity index (χ0n) is 21.4. The van der Waals surface area contributed by atoms with Crippen LogP contribution >= 0.6 is 0 Å². The van der Waals surface area contributed by atoms with E-state index in [1.54, 1.807) is 0 Å². The van der Waals surface area contributed by atoms with Crippen molar-refractivity contribution < 1.29 is 34.2 Å². The van der Waals surface area contributed by atoms with Crippen LogP contribution in [0.4, 0.5) is 0 Å². The van der Waals surface area contributed by atoms with E-state index in [0.717, 1.165) is 0 Å². The summed E-state index contributed by atoms with van der Waals surface area (Å²) in [6.07, 6.45) is -0.140. The van der Waals surface area contributed by atoms with Gasteiger partial charge in [-0.25, -0.2) is 0 Å². The smallest absolute Gasteiger partial charge is 0.321 e. The molecule has 0 aliphatic carbocycles. The number of carbonyl (C=O) groups excluding carboxylic acids is 3. The molecule has 0 aromatic rings. The average Bonchev–Trinajstić information content (AvgIpc) is 2.85. The molecule has 0 saturated carbocycles. The topological polar surface area (TPSA) is 234 Å². The summed E-state index contributed by atoms with van der Waals surface area (Å²) in [6, 6.07) is -0.945. The van der Waals surface area contributed by atoms with Crippen molar-refractivity contribution in [3.63, 3.8) is 0 Å². The Morgan fingerprint density at radius 3 is 1.43 bits per heavy atom. The summed E-state index contributed by atoms with van der Waals surface area (Å²) in [5, 5.41) is 43.1. The number of carboxylic acid groups (broad SMARTS) is 2. The van der Waals surface area contributed by atoms with Gasteiger partial charge in [-0.15, -0.1) is 0 Å². The summed E-state index contributed by atoms with van der Waals surface area (Å²) in [5.74, 6) is -2.71. The van der Waals surface area contributed by atoms with Gasteiger partial charge >= 0.3 is 11.9 Å². The molecule has 0 aliphatic rings. The van der Waals surface area contributed by atoms with Crippen LogP contribution in [0, 0.1) is 0 Å². The molecule has 0 heterocycles. The van der Waals surface area contributed by atoms with E-state index < -0.39 is 18.0 Å². The zero-order valence-corrected chi connectivity index (χ0v) is 21.4. The third-order valence-electron chi connectivity index (χ3n) is 4.71. The Morgan fingerprint density at radius 1 is 0.568 bits per heavy atom. The first-order valence-corrected chi connectivity index (χ1v) is 12.2. The number of nitrogens with one attached hydrogen (secondary N) is 9. The first kappa shape index (κ1) is 34.1. The van der Waals surface area contributed by atoms with Crippen LogP contribution in [0.2, 0.25) is 0 Å². The molecule has 11 N–H and O–H groups in total. The lowest BCUT2D eigenvalue weighted by atomic mass is 10.2. The van der Waals surface area contributed by atoms with Crippen LogP contribution in [-0.4, -0.2) is 138 Å². The first-order chi connectivity index (χ1) is 17.8. The fraction of sp³-hybridized carbons (Fsp3) is 0.762. The van der Waals surface area contributed by atoms with Gasteiger partial charge in [0.1, 0.15) is 6.04 Å². The van der Waals surface area contributed by atoms with E-state index in [0.29, 0.717) is 65.4 Å². The molecule has 3 amide bonds. The Bertz CT molecular complexity index is 683. The Kier molecular flexibility index (Phi) is 21.7. The number of carboxylic acids is 2. The van der Waals surface area contributed by atoms with Crippen molar-refractivity contribution in [2.45, 2.75) is 12.5 Å². The van der Waals surface area contributed by atoms with E-state index in [4.69, 9.17) is 10.2 Å². The molecular weight excluding hydrogens is 490 g/mol. The molecule has 1 atom stereocenters. The molecule has 214 valence electrons. The van der Waals surface area contributed by atoms with Gasteiger partial charge in [0, 0.05) is 72.5 Å². The largest absolute Gasteiger partial charge is 0.480 e. The molecule has 0 aromatic heterocycles. The van der Waals surface area contributed by atoms with E-state index in [2.05, 4.69) is 47.9 Å². The maximum atomic E-state index is 11.8. The number of hydrogen-bond donors (Lipinski definition) is 11. The quantitative estimate of drug-likeness (QED) is 0.0492. The summed E-state index contributed by atoms with van der Waals surface area (Å²) in [6.45, 7) is 5.20. The van der Waals surface area contributed by atoms with Gasteiger partial charge in [-0.05, 0) is 0 Å². The van der Waals surface area contributed by atoms with Crippen LogP contribution in [0.5, 0.6) is 0 Å². The fourth-order valence-electron chi connectivity index (χ4n) is 2.78. The third-order valence-corrected chi connectivity index (χ3v) is 4.71. The minimum atomic E-state index is -1.09. The van der Waals surface area contributed by atoms with Gasteiger partial charge in [-0.1, -0.05) is 0 Å². The highest BCUT2D eigenvalue weighted by atomic mass is 16.4. The molecule has 0 saturated heterocycles. The fourth-order valence-corrected chi connectivity index (χ4v) is 2.78. The molecule has 0 bridgehead atoms. The Morgan fingerprint density at radius 2 is 1.00 bits per heavy atom. The standard InChI is InChI=1S/C21H43N9O7/c1-22-17(31)12-16(21(36)37)28-9-8-24-3-6-26-14-19(33)30-11-10-29-18(32)13-25-5-2-23-4-7-27-15-20(34)35/h16,23-28H,2-15H2,1H3,(H,22,31)(H,29,32)(H,30,33)(H,34,35)(H,36,37). The molecule has 37 heavy (non-hydrogen) atoms. The van der Waals surface area contributed by atoms with Crippen molar-refractivity contribution in [2.24, 2.45) is 0 Å². The number of hydrogen-bond acceptors (Lipinski definition) is 11. The van der Waals surface area contributed by atoms with E-state index >= 15 is 0 Å². The summed E-state index contributed by atoms with van der Waals surface area (Å²) >= 11 is 0. The van der Waals surface area contributed by atoms with Crippen molar-refractivity contribution >= 4 is 29.7 Å². The number of aliphatic carboxylic acids is 2. The van der Waals surface area contributed by atoms with Gasteiger partial charge in [0.2, 0.25) is 17.7 Å². The second kappa shape index (κ2) is 23.5. The second-order valence-electron chi connectivity index (χ2n) is 7.85. The zero-order chi connectivity index (χ0) is 27.7. The van der Waals surface area contributed by atoms with E-state index in [-0.39, 0.29) is 43.8 Å². The van der Waals surface area contributed by atoms with E-state index in [1.165, 1.54) is 7.05 Å². The maximum absolute atomic E-state index is 11.8. The molecule has 16 nitrogen and oxygen atoms in total. The molecule has 16 heteroatoms. The summed E-state index contributed by atoms with van der Waals surface area (Å²) in [5.41, 5.74) is 0. The predicted octanol–water partition coefficient (Wildman–Crippen LogP) is -5.57. The molecule has 0 fully saturated rings. The summed E-state index contributed by atoms with van der Waals surface area (Å²) in [4.78, 5) is 56.3. The summed E-state index contributed by atoms with van der Waals surface area (Å²) in [7, 11) is 1.45. The molecule has 1 unspecified atom stereocenters. The van der Waals surface area contributed by atoms with E-state index in [1.807, 2.05) is 0 Å². The van der Waals surface area contributed by atoms with Crippen LogP contribution < -0.4 is 47.9 Å². The molecule has 0 spiro atoms.